The van der Waals surface area contributed by atoms with Gasteiger partial charge < -0.3 is 4.74 Å². The van der Waals surface area contributed by atoms with Gasteiger partial charge in [-0.15, -0.1) is 0 Å². The lowest BCUT2D eigenvalue weighted by Gasteiger charge is -2.02. The topological polar surface area (TPSA) is 52.3 Å². The minimum Gasteiger partial charge on any atom is -0.464 e. The van der Waals surface area contributed by atoms with Crippen LogP contribution < -0.4 is 4.74 Å². The number of fused-ring (bicyclic) bond motifs is 1. The van der Waals surface area contributed by atoms with Crippen molar-refractivity contribution in [2.45, 2.75) is 6.92 Å². The van der Waals surface area contributed by atoms with Crippen molar-refractivity contribution >= 4 is 5.65 Å². The van der Waals surface area contributed by atoms with Crippen molar-refractivity contribution in [2.75, 3.05) is 6.61 Å². The summed E-state index contributed by atoms with van der Waals surface area (Å²) in [5.41, 5.74) is 0.385. The fourth-order valence-electron chi connectivity index (χ4n) is 0.996. The Kier molecular flexibility index (Phi) is 1.80. The van der Waals surface area contributed by atoms with Crippen molar-refractivity contribution in [3.8, 4) is 6.01 Å². The number of halogens is 1. The van der Waals surface area contributed by atoms with Crippen molar-refractivity contribution in [1.82, 2.24) is 19.6 Å². The summed E-state index contributed by atoms with van der Waals surface area (Å²) in [6.07, 6.45) is 1.32. The SMILES string of the molecule is CCOc1nc(F)cc2ncnn12. The molecule has 0 unspecified atom stereocenters. The zero-order chi connectivity index (χ0) is 9.26. The third-order valence-corrected chi connectivity index (χ3v) is 1.48. The van der Waals surface area contributed by atoms with Gasteiger partial charge in [-0.25, -0.2) is 4.98 Å². The molecule has 2 aromatic heterocycles. The first kappa shape index (κ1) is 7.90. The lowest BCUT2D eigenvalue weighted by atomic mass is 10.6. The first-order valence-corrected chi connectivity index (χ1v) is 3.80. The van der Waals surface area contributed by atoms with E-state index in [1.165, 1.54) is 16.9 Å². The van der Waals surface area contributed by atoms with Crippen LogP contribution >= 0.6 is 0 Å². The summed E-state index contributed by atoms with van der Waals surface area (Å²) in [5.74, 6) is -0.621. The summed E-state index contributed by atoms with van der Waals surface area (Å²) in [5, 5.41) is 3.83. The number of rotatable bonds is 2. The van der Waals surface area contributed by atoms with Crippen LogP contribution in [0.3, 0.4) is 0 Å². The highest BCUT2D eigenvalue weighted by Crippen LogP contribution is 2.09. The van der Waals surface area contributed by atoms with E-state index in [-0.39, 0.29) is 6.01 Å². The predicted octanol–water partition coefficient (Wildman–Crippen LogP) is 0.662. The molecule has 0 spiro atoms. The summed E-state index contributed by atoms with van der Waals surface area (Å²) < 4.78 is 19.2. The van der Waals surface area contributed by atoms with Gasteiger partial charge in [0.2, 0.25) is 5.95 Å². The molecule has 2 rings (SSSR count). The van der Waals surface area contributed by atoms with E-state index in [1.54, 1.807) is 6.92 Å². The standard InChI is InChI=1S/C7H7FN4O/c1-2-13-7-11-5(8)3-6-9-4-10-12(6)7/h3-4H,2H2,1H3. The van der Waals surface area contributed by atoms with Crippen LogP contribution in [0.1, 0.15) is 6.92 Å². The van der Waals surface area contributed by atoms with E-state index in [1.807, 2.05) is 0 Å². The molecule has 0 aromatic carbocycles. The van der Waals surface area contributed by atoms with Crippen LogP contribution in [0, 0.1) is 5.95 Å². The Morgan fingerprint density at radius 1 is 1.62 bits per heavy atom. The first-order valence-electron chi connectivity index (χ1n) is 3.80. The largest absolute Gasteiger partial charge is 0.464 e. The fourth-order valence-corrected chi connectivity index (χ4v) is 0.996. The van der Waals surface area contributed by atoms with Crippen molar-refractivity contribution in [3.05, 3.63) is 18.3 Å². The minimum atomic E-state index is -0.621. The summed E-state index contributed by atoms with van der Waals surface area (Å²) >= 11 is 0. The predicted molar refractivity (Wildman–Crippen MR) is 41.9 cm³/mol. The van der Waals surface area contributed by atoms with Gasteiger partial charge in [-0.2, -0.15) is 19.0 Å². The van der Waals surface area contributed by atoms with Gasteiger partial charge in [-0.3, -0.25) is 0 Å². The molecule has 0 atom stereocenters. The summed E-state index contributed by atoms with van der Waals surface area (Å²) in [7, 11) is 0. The summed E-state index contributed by atoms with van der Waals surface area (Å²) in [6, 6.07) is 1.31. The quantitative estimate of drug-likeness (QED) is 0.640. The van der Waals surface area contributed by atoms with Gasteiger partial charge in [0.05, 0.1) is 6.61 Å². The molecule has 6 heteroatoms. The number of ether oxygens (including phenoxy) is 1. The molecule has 0 amide bonds. The second-order valence-corrected chi connectivity index (χ2v) is 2.32. The molecule has 5 nitrogen and oxygen atoms in total. The molecule has 68 valence electrons. The Labute approximate surface area is 73.2 Å². The minimum absolute atomic E-state index is 0.120. The van der Waals surface area contributed by atoms with Gasteiger partial charge in [0.15, 0.2) is 5.65 Å². The maximum Gasteiger partial charge on any atom is 0.322 e. The van der Waals surface area contributed by atoms with Crippen molar-refractivity contribution < 1.29 is 9.13 Å². The van der Waals surface area contributed by atoms with E-state index in [4.69, 9.17) is 4.74 Å². The number of aromatic nitrogens is 4. The maximum absolute atomic E-state index is 12.8. The molecule has 13 heavy (non-hydrogen) atoms. The molecule has 2 aromatic rings. The molecule has 0 aliphatic rings. The van der Waals surface area contributed by atoms with E-state index in [2.05, 4.69) is 15.1 Å². The van der Waals surface area contributed by atoms with Crippen LogP contribution in [-0.4, -0.2) is 26.2 Å². The summed E-state index contributed by atoms with van der Waals surface area (Å²) in [4.78, 5) is 7.35. The molecule has 0 aliphatic carbocycles. The van der Waals surface area contributed by atoms with Crippen LogP contribution in [0.2, 0.25) is 0 Å². The Morgan fingerprint density at radius 2 is 2.46 bits per heavy atom. The molecule has 0 saturated heterocycles. The number of hydrogen-bond acceptors (Lipinski definition) is 4. The molecule has 0 bridgehead atoms. The molecule has 2 heterocycles. The zero-order valence-corrected chi connectivity index (χ0v) is 6.94. The first-order chi connectivity index (χ1) is 6.31. The van der Waals surface area contributed by atoms with Crippen LogP contribution in [0.15, 0.2) is 12.4 Å². The van der Waals surface area contributed by atoms with Gasteiger partial charge in [-0.05, 0) is 6.92 Å². The Morgan fingerprint density at radius 3 is 3.23 bits per heavy atom. The van der Waals surface area contributed by atoms with Crippen molar-refractivity contribution in [2.24, 2.45) is 0 Å². The highest BCUT2D eigenvalue weighted by molar-refractivity contribution is 5.36. The molecular formula is C7H7FN4O. The van der Waals surface area contributed by atoms with E-state index >= 15 is 0 Å². The van der Waals surface area contributed by atoms with Gasteiger partial charge in [-0.1, -0.05) is 0 Å². The molecule has 0 saturated carbocycles. The van der Waals surface area contributed by atoms with Gasteiger partial charge >= 0.3 is 6.01 Å². The van der Waals surface area contributed by atoms with Gasteiger partial charge in [0.1, 0.15) is 6.33 Å². The monoisotopic (exact) mass is 182 g/mol. The van der Waals surface area contributed by atoms with E-state index < -0.39 is 5.95 Å². The lowest BCUT2D eigenvalue weighted by Crippen LogP contribution is -2.04. The van der Waals surface area contributed by atoms with Crippen LogP contribution in [0.4, 0.5) is 4.39 Å². The number of nitrogens with zero attached hydrogens (tertiary/aromatic N) is 4. The van der Waals surface area contributed by atoms with Gasteiger partial charge in [0.25, 0.3) is 0 Å². The highest BCUT2D eigenvalue weighted by atomic mass is 19.1. The fraction of sp³-hybridized carbons (Fsp3) is 0.286. The Hall–Kier alpha value is -1.72. The Bertz CT molecular complexity index is 427. The highest BCUT2D eigenvalue weighted by Gasteiger charge is 2.07. The average Bonchev–Trinajstić information content (AvgIpc) is 2.52. The molecular weight excluding hydrogens is 175 g/mol. The normalized spacial score (nSPS) is 10.6. The maximum atomic E-state index is 12.8. The van der Waals surface area contributed by atoms with E-state index in [9.17, 15) is 4.39 Å². The smallest absolute Gasteiger partial charge is 0.322 e. The van der Waals surface area contributed by atoms with Crippen LogP contribution in [0.5, 0.6) is 6.01 Å². The molecule has 0 aliphatic heterocycles. The number of hydrogen-bond donors (Lipinski definition) is 0. The molecule has 0 fully saturated rings. The molecule has 0 radical (unpaired) electrons. The lowest BCUT2D eigenvalue weighted by molar-refractivity contribution is 0.297. The Balaban J connectivity index is 2.63. The second kappa shape index (κ2) is 2.96. The van der Waals surface area contributed by atoms with Crippen LogP contribution in [0.25, 0.3) is 5.65 Å². The third-order valence-electron chi connectivity index (χ3n) is 1.48. The van der Waals surface area contributed by atoms with Crippen LogP contribution in [-0.2, 0) is 0 Å². The third kappa shape index (κ3) is 1.30. The average molecular weight is 182 g/mol. The summed E-state index contributed by atoms with van der Waals surface area (Å²) in [6.45, 7) is 2.20. The second-order valence-electron chi connectivity index (χ2n) is 2.32. The van der Waals surface area contributed by atoms with Crippen molar-refractivity contribution in [3.63, 3.8) is 0 Å². The van der Waals surface area contributed by atoms with E-state index in [0.717, 1.165) is 0 Å². The van der Waals surface area contributed by atoms with Gasteiger partial charge in [0, 0.05) is 6.07 Å². The van der Waals surface area contributed by atoms with Crippen molar-refractivity contribution in [1.29, 1.82) is 0 Å². The molecule has 0 N–H and O–H groups in total. The van der Waals surface area contributed by atoms with E-state index in [0.29, 0.717) is 12.3 Å². The zero-order valence-electron chi connectivity index (χ0n) is 6.94.